The Bertz CT molecular complexity index is 801. The van der Waals surface area contributed by atoms with E-state index in [2.05, 4.69) is 5.32 Å². The first-order chi connectivity index (χ1) is 12.8. The zero-order valence-electron chi connectivity index (χ0n) is 15.7. The lowest BCUT2D eigenvalue weighted by molar-refractivity contribution is -0.139. The van der Waals surface area contributed by atoms with Gasteiger partial charge < -0.3 is 24.6 Å². The van der Waals surface area contributed by atoms with E-state index in [1.54, 1.807) is 36.4 Å². The summed E-state index contributed by atoms with van der Waals surface area (Å²) in [5.41, 5.74) is 0.700. The van der Waals surface area contributed by atoms with Gasteiger partial charge in [-0.15, -0.1) is 0 Å². The molecule has 2 rings (SSSR count). The van der Waals surface area contributed by atoms with E-state index < -0.39 is 17.9 Å². The van der Waals surface area contributed by atoms with Gasteiger partial charge in [0.1, 0.15) is 5.75 Å². The molecule has 1 atom stereocenters. The van der Waals surface area contributed by atoms with Gasteiger partial charge in [0.2, 0.25) is 0 Å². The van der Waals surface area contributed by atoms with Crippen molar-refractivity contribution < 1.29 is 28.9 Å². The van der Waals surface area contributed by atoms with E-state index in [-0.39, 0.29) is 11.7 Å². The van der Waals surface area contributed by atoms with Crippen molar-refractivity contribution in [2.24, 2.45) is 0 Å². The summed E-state index contributed by atoms with van der Waals surface area (Å²) in [6, 6.07) is 9.97. The van der Waals surface area contributed by atoms with Crippen LogP contribution in [0.15, 0.2) is 42.5 Å². The van der Waals surface area contributed by atoms with Gasteiger partial charge in [0, 0.05) is 5.56 Å². The number of carboxylic acid groups (broad SMARTS) is 1. The van der Waals surface area contributed by atoms with E-state index in [0.29, 0.717) is 22.8 Å². The molecule has 2 aromatic carbocycles. The van der Waals surface area contributed by atoms with Crippen LogP contribution in [0.3, 0.4) is 0 Å². The van der Waals surface area contributed by atoms with Gasteiger partial charge in [-0.3, -0.25) is 4.79 Å². The minimum absolute atomic E-state index is 0.0509. The molecule has 0 fully saturated rings. The molecule has 27 heavy (non-hydrogen) atoms. The quantitative estimate of drug-likeness (QED) is 0.739. The Morgan fingerprint density at radius 2 is 1.63 bits per heavy atom. The number of amides is 1. The minimum atomic E-state index is -1.19. The molecular weight excluding hydrogens is 350 g/mol. The Hall–Kier alpha value is -3.22. The van der Waals surface area contributed by atoms with Crippen LogP contribution in [0.2, 0.25) is 0 Å². The Morgan fingerprint density at radius 3 is 2.15 bits per heavy atom. The van der Waals surface area contributed by atoms with Crippen LogP contribution in [0.5, 0.6) is 17.2 Å². The lowest BCUT2D eigenvalue weighted by Crippen LogP contribution is -2.33. The first kappa shape index (κ1) is 20.1. The number of rotatable bonds is 8. The maximum absolute atomic E-state index is 12.6. The van der Waals surface area contributed by atoms with Gasteiger partial charge in [-0.1, -0.05) is 12.1 Å². The number of benzene rings is 2. The molecule has 7 nitrogen and oxygen atoms in total. The Balaban J connectivity index is 2.23. The Labute approximate surface area is 157 Å². The second kappa shape index (κ2) is 8.93. The van der Waals surface area contributed by atoms with E-state index in [4.69, 9.17) is 14.2 Å². The summed E-state index contributed by atoms with van der Waals surface area (Å²) in [5.74, 6) is -0.200. The third-order valence-corrected chi connectivity index (χ3v) is 3.76. The fourth-order valence-corrected chi connectivity index (χ4v) is 2.46. The molecule has 2 N–H and O–H groups in total. The number of nitrogens with one attached hydrogen (secondary N) is 1. The van der Waals surface area contributed by atoms with Gasteiger partial charge in [-0.25, -0.2) is 4.79 Å². The number of hydrogen-bond donors (Lipinski definition) is 2. The monoisotopic (exact) mass is 373 g/mol. The first-order valence-electron chi connectivity index (χ1n) is 8.38. The van der Waals surface area contributed by atoms with Crippen molar-refractivity contribution in [1.29, 1.82) is 0 Å². The molecule has 0 heterocycles. The highest BCUT2D eigenvalue weighted by Crippen LogP contribution is 2.29. The van der Waals surface area contributed by atoms with Gasteiger partial charge in [0.15, 0.2) is 17.5 Å². The molecule has 0 aromatic heterocycles. The van der Waals surface area contributed by atoms with Gasteiger partial charge in [-0.2, -0.15) is 0 Å². The summed E-state index contributed by atoms with van der Waals surface area (Å²) >= 11 is 0. The largest absolute Gasteiger partial charge is 0.497 e. The zero-order valence-corrected chi connectivity index (χ0v) is 15.7. The number of carbonyl (C=O) groups is 2. The summed E-state index contributed by atoms with van der Waals surface area (Å²) in [5, 5.41) is 12.0. The normalized spacial score (nSPS) is 11.6. The number of ether oxygens (including phenoxy) is 3. The van der Waals surface area contributed by atoms with E-state index in [0.717, 1.165) is 0 Å². The van der Waals surface area contributed by atoms with Crippen molar-refractivity contribution in [3.8, 4) is 17.2 Å². The minimum Gasteiger partial charge on any atom is -0.497 e. The Morgan fingerprint density at radius 1 is 0.963 bits per heavy atom. The van der Waals surface area contributed by atoms with Crippen LogP contribution < -0.4 is 19.5 Å². The van der Waals surface area contributed by atoms with E-state index in [9.17, 15) is 14.7 Å². The highest BCUT2D eigenvalue weighted by atomic mass is 16.5. The molecule has 0 aliphatic rings. The molecule has 2 aromatic rings. The molecular formula is C20H23NO6. The second-order valence-electron chi connectivity index (χ2n) is 6.05. The lowest BCUT2D eigenvalue weighted by Gasteiger charge is -2.17. The molecule has 0 spiro atoms. The SMILES string of the molecule is COc1ccc(C(NC(=O)c2ccc(OC(C)C)c(OC)c2)C(=O)O)cc1. The molecule has 0 bridgehead atoms. The topological polar surface area (TPSA) is 94.1 Å². The van der Waals surface area contributed by atoms with Crippen molar-refractivity contribution in [3.63, 3.8) is 0 Å². The van der Waals surface area contributed by atoms with E-state index >= 15 is 0 Å². The number of carbonyl (C=O) groups excluding carboxylic acids is 1. The molecule has 0 radical (unpaired) electrons. The van der Waals surface area contributed by atoms with Crippen molar-refractivity contribution in [1.82, 2.24) is 5.32 Å². The smallest absolute Gasteiger partial charge is 0.330 e. The van der Waals surface area contributed by atoms with Crippen LogP contribution >= 0.6 is 0 Å². The second-order valence-corrected chi connectivity index (χ2v) is 6.05. The molecule has 0 aliphatic carbocycles. The summed E-state index contributed by atoms with van der Waals surface area (Å²) in [6.45, 7) is 3.76. The number of carboxylic acids is 1. The number of methoxy groups -OCH3 is 2. The average molecular weight is 373 g/mol. The number of aliphatic carboxylic acids is 1. The van der Waals surface area contributed by atoms with E-state index in [1.165, 1.54) is 20.3 Å². The summed E-state index contributed by atoms with van der Waals surface area (Å²) < 4.78 is 15.9. The zero-order chi connectivity index (χ0) is 20.0. The highest BCUT2D eigenvalue weighted by Gasteiger charge is 2.23. The standard InChI is InChI=1S/C20H23NO6/c1-12(2)27-16-10-7-14(11-17(16)26-4)19(22)21-18(20(23)24)13-5-8-15(25-3)9-6-13/h5-12,18H,1-4H3,(H,21,22)(H,23,24). The predicted octanol–water partition coefficient (Wildman–Crippen LogP) is 3.05. The molecule has 1 amide bonds. The third kappa shape index (κ3) is 5.13. The average Bonchev–Trinajstić information content (AvgIpc) is 2.65. The fourth-order valence-electron chi connectivity index (χ4n) is 2.46. The fraction of sp³-hybridized carbons (Fsp3) is 0.300. The van der Waals surface area contributed by atoms with Gasteiger partial charge in [0.05, 0.1) is 20.3 Å². The summed E-state index contributed by atoms with van der Waals surface area (Å²) in [7, 11) is 2.99. The molecule has 144 valence electrons. The maximum atomic E-state index is 12.6. The van der Waals surface area contributed by atoms with Crippen LogP contribution in [0.4, 0.5) is 0 Å². The van der Waals surface area contributed by atoms with Gasteiger partial charge >= 0.3 is 5.97 Å². The molecule has 7 heteroatoms. The molecule has 0 saturated heterocycles. The molecule has 0 aliphatic heterocycles. The van der Waals surface area contributed by atoms with Crippen molar-refractivity contribution >= 4 is 11.9 Å². The van der Waals surface area contributed by atoms with Crippen LogP contribution in [0.1, 0.15) is 35.8 Å². The van der Waals surface area contributed by atoms with Crippen LogP contribution in [0, 0.1) is 0 Å². The van der Waals surface area contributed by atoms with Crippen molar-refractivity contribution in [2.75, 3.05) is 14.2 Å². The van der Waals surface area contributed by atoms with Crippen LogP contribution in [-0.4, -0.2) is 37.3 Å². The summed E-state index contributed by atoms with van der Waals surface area (Å²) in [4.78, 5) is 24.2. The van der Waals surface area contributed by atoms with Gasteiger partial charge in [0.25, 0.3) is 5.91 Å². The molecule has 1 unspecified atom stereocenters. The van der Waals surface area contributed by atoms with E-state index in [1.807, 2.05) is 13.8 Å². The lowest BCUT2D eigenvalue weighted by atomic mass is 10.1. The molecule has 0 saturated carbocycles. The Kier molecular flexibility index (Phi) is 6.65. The predicted molar refractivity (Wildman–Crippen MR) is 99.6 cm³/mol. The first-order valence-corrected chi connectivity index (χ1v) is 8.38. The summed E-state index contributed by atoms with van der Waals surface area (Å²) in [6.07, 6.45) is -0.0509. The van der Waals surface area contributed by atoms with Crippen molar-refractivity contribution in [2.45, 2.75) is 26.0 Å². The van der Waals surface area contributed by atoms with Gasteiger partial charge in [-0.05, 0) is 49.7 Å². The van der Waals surface area contributed by atoms with Crippen molar-refractivity contribution in [3.05, 3.63) is 53.6 Å². The maximum Gasteiger partial charge on any atom is 0.330 e. The van der Waals surface area contributed by atoms with Crippen LogP contribution in [-0.2, 0) is 4.79 Å². The van der Waals surface area contributed by atoms with Crippen LogP contribution in [0.25, 0.3) is 0 Å². The highest BCUT2D eigenvalue weighted by molar-refractivity contribution is 5.97. The third-order valence-electron chi connectivity index (χ3n) is 3.76. The number of hydrogen-bond acceptors (Lipinski definition) is 5.